The third-order valence-electron chi connectivity index (χ3n) is 1.61. The van der Waals surface area contributed by atoms with E-state index in [1.54, 1.807) is 0 Å². The number of alkyl halides is 2. The molecule has 0 aliphatic heterocycles. The van der Waals surface area contributed by atoms with Crippen LogP contribution in [0.4, 0.5) is 8.78 Å². The van der Waals surface area contributed by atoms with Crippen molar-refractivity contribution in [3.8, 4) is 0 Å². The van der Waals surface area contributed by atoms with Crippen LogP contribution < -0.4 is 0 Å². The molecular weight excluding hydrogens is 316 g/mol. The summed E-state index contributed by atoms with van der Waals surface area (Å²) in [5.74, 6) is 0. The number of pyridine rings is 1. The first-order valence-corrected chi connectivity index (χ1v) is 6.73. The monoisotopic (exact) mass is 319 g/mol. The Morgan fingerprint density at radius 2 is 2.07 bits per heavy atom. The van der Waals surface area contributed by atoms with Crippen LogP contribution in [0.1, 0.15) is 17.8 Å². The molecule has 84 valence electrons. The van der Waals surface area contributed by atoms with E-state index in [-0.39, 0.29) is 5.69 Å². The molecule has 0 bridgehead atoms. The molecule has 1 aromatic rings. The number of rotatable bonds is 2. The molecule has 0 aliphatic rings. The van der Waals surface area contributed by atoms with Gasteiger partial charge in [0.1, 0.15) is 10.6 Å². The summed E-state index contributed by atoms with van der Waals surface area (Å²) >= 11 is 2.99. The first-order chi connectivity index (χ1) is 6.73. The van der Waals surface area contributed by atoms with Gasteiger partial charge in [0.15, 0.2) is 0 Å². The molecule has 0 N–H and O–H groups in total. The molecule has 1 rings (SSSR count). The van der Waals surface area contributed by atoms with Crippen molar-refractivity contribution >= 4 is 35.7 Å². The molecule has 1 heterocycles. The lowest BCUT2D eigenvalue weighted by Crippen LogP contribution is -2.03. The maximum atomic E-state index is 12.5. The number of nitrogens with zero attached hydrogens (tertiary/aromatic N) is 1. The molecule has 15 heavy (non-hydrogen) atoms. The van der Waals surface area contributed by atoms with Crippen LogP contribution in [0.15, 0.2) is 15.4 Å². The first-order valence-electron chi connectivity index (χ1n) is 3.63. The predicted molar refractivity (Wildman–Crippen MR) is 54.7 cm³/mol. The van der Waals surface area contributed by atoms with Crippen LogP contribution in [0.25, 0.3) is 0 Å². The van der Waals surface area contributed by atoms with Crippen LogP contribution in [0.2, 0.25) is 0 Å². The van der Waals surface area contributed by atoms with Gasteiger partial charge in [-0.2, -0.15) is 0 Å². The van der Waals surface area contributed by atoms with Crippen molar-refractivity contribution < 1.29 is 17.2 Å². The number of aryl methyl sites for hydroxylation is 1. The molecule has 0 aromatic carbocycles. The van der Waals surface area contributed by atoms with Gasteiger partial charge in [0.25, 0.3) is 15.5 Å². The minimum Gasteiger partial charge on any atom is -0.250 e. The number of hydrogen-bond donors (Lipinski definition) is 0. The Labute approximate surface area is 98.0 Å². The maximum Gasteiger partial charge on any atom is 0.281 e. The molecule has 8 heteroatoms. The van der Waals surface area contributed by atoms with E-state index in [4.69, 9.17) is 10.7 Å². The summed E-state index contributed by atoms with van der Waals surface area (Å²) < 4.78 is 47.2. The fourth-order valence-electron chi connectivity index (χ4n) is 0.934. The second-order valence-corrected chi connectivity index (χ2v) is 6.07. The third-order valence-corrected chi connectivity index (χ3v) is 3.77. The van der Waals surface area contributed by atoms with Gasteiger partial charge in [-0.1, -0.05) is 0 Å². The molecule has 0 radical (unpaired) electrons. The lowest BCUT2D eigenvalue weighted by molar-refractivity contribution is 0.142. The van der Waals surface area contributed by atoms with Crippen molar-refractivity contribution in [1.82, 2.24) is 4.98 Å². The highest BCUT2D eigenvalue weighted by atomic mass is 79.9. The molecule has 0 aliphatic carbocycles. The Balaban J connectivity index is 3.56. The normalized spacial score (nSPS) is 12.1. The quantitative estimate of drug-likeness (QED) is 0.787. The molecule has 1 aromatic heterocycles. The number of aromatic nitrogens is 1. The standard InChI is InChI=1S/C7H5BrClF2NO2S/c1-3-4(8)2-5(15(9,13)14)6(12-3)7(10)11/h2,7H,1H3. The summed E-state index contributed by atoms with van der Waals surface area (Å²) in [6, 6.07) is 1.02. The Morgan fingerprint density at radius 1 is 1.53 bits per heavy atom. The van der Waals surface area contributed by atoms with Gasteiger partial charge in [0, 0.05) is 15.2 Å². The highest BCUT2D eigenvalue weighted by Gasteiger charge is 2.24. The van der Waals surface area contributed by atoms with Crippen LogP contribution in [-0.4, -0.2) is 13.4 Å². The summed E-state index contributed by atoms with van der Waals surface area (Å²) in [5, 5.41) is 0. The maximum absolute atomic E-state index is 12.5. The lowest BCUT2D eigenvalue weighted by atomic mass is 10.3. The largest absolute Gasteiger partial charge is 0.281 e. The molecule has 0 atom stereocenters. The summed E-state index contributed by atoms with van der Waals surface area (Å²) in [7, 11) is 0.792. The van der Waals surface area contributed by atoms with Gasteiger partial charge in [-0.15, -0.1) is 0 Å². The molecule has 0 saturated carbocycles. The molecule has 0 spiro atoms. The molecule has 0 fully saturated rings. The third kappa shape index (κ3) is 2.85. The van der Waals surface area contributed by atoms with E-state index in [0.717, 1.165) is 6.07 Å². The average Bonchev–Trinajstić information content (AvgIpc) is 2.06. The number of hydrogen-bond acceptors (Lipinski definition) is 3. The lowest BCUT2D eigenvalue weighted by Gasteiger charge is -2.07. The minimum atomic E-state index is -4.22. The smallest absolute Gasteiger partial charge is 0.250 e. The van der Waals surface area contributed by atoms with Gasteiger partial charge in [0.2, 0.25) is 0 Å². The first kappa shape index (κ1) is 12.8. The second kappa shape index (κ2) is 4.31. The Hall–Kier alpha value is -0.270. The Bertz CT molecular complexity index is 492. The van der Waals surface area contributed by atoms with Crippen LogP contribution in [0.5, 0.6) is 0 Å². The zero-order valence-electron chi connectivity index (χ0n) is 7.34. The van der Waals surface area contributed by atoms with Crippen LogP contribution in [-0.2, 0) is 9.05 Å². The predicted octanol–water partition coefficient (Wildman–Crippen LogP) is 3.02. The van der Waals surface area contributed by atoms with E-state index >= 15 is 0 Å². The Kier molecular flexibility index (Phi) is 3.67. The molecule has 3 nitrogen and oxygen atoms in total. The van der Waals surface area contributed by atoms with Crippen molar-refractivity contribution in [3.63, 3.8) is 0 Å². The van der Waals surface area contributed by atoms with Gasteiger partial charge in [0.05, 0.1) is 5.69 Å². The van der Waals surface area contributed by atoms with Crippen molar-refractivity contribution in [3.05, 3.63) is 21.9 Å². The van der Waals surface area contributed by atoms with E-state index in [2.05, 4.69) is 20.9 Å². The van der Waals surface area contributed by atoms with Crippen molar-refractivity contribution in [2.45, 2.75) is 18.2 Å². The summed E-state index contributed by atoms with van der Waals surface area (Å²) in [6.07, 6.45) is -2.99. The fraction of sp³-hybridized carbons (Fsp3) is 0.286. The van der Waals surface area contributed by atoms with Crippen LogP contribution in [0, 0.1) is 6.92 Å². The SMILES string of the molecule is Cc1nc(C(F)F)c(S(=O)(=O)Cl)cc1Br. The molecule has 0 unspecified atom stereocenters. The van der Waals surface area contributed by atoms with Gasteiger partial charge in [-0.25, -0.2) is 22.2 Å². The molecule has 0 amide bonds. The van der Waals surface area contributed by atoms with Crippen LogP contribution in [0.3, 0.4) is 0 Å². The second-order valence-electron chi connectivity index (χ2n) is 2.68. The van der Waals surface area contributed by atoms with Gasteiger partial charge >= 0.3 is 0 Å². The summed E-state index contributed by atoms with van der Waals surface area (Å²) in [6.45, 7) is 1.47. The van der Waals surface area contributed by atoms with E-state index in [1.807, 2.05) is 0 Å². The summed E-state index contributed by atoms with van der Waals surface area (Å²) in [5.41, 5.74) is -0.555. The zero-order chi connectivity index (χ0) is 11.8. The highest BCUT2D eigenvalue weighted by Crippen LogP contribution is 2.30. The van der Waals surface area contributed by atoms with Gasteiger partial charge in [-0.05, 0) is 28.9 Å². The van der Waals surface area contributed by atoms with E-state index in [0.29, 0.717) is 4.47 Å². The van der Waals surface area contributed by atoms with Crippen LogP contribution >= 0.6 is 26.6 Å². The van der Waals surface area contributed by atoms with Crippen molar-refractivity contribution in [2.75, 3.05) is 0 Å². The van der Waals surface area contributed by atoms with Gasteiger partial charge in [-0.3, -0.25) is 0 Å². The van der Waals surface area contributed by atoms with E-state index in [9.17, 15) is 17.2 Å². The molecule has 0 saturated heterocycles. The van der Waals surface area contributed by atoms with E-state index < -0.39 is 26.1 Å². The van der Waals surface area contributed by atoms with Crippen molar-refractivity contribution in [2.24, 2.45) is 0 Å². The highest BCUT2D eigenvalue weighted by molar-refractivity contribution is 9.10. The Morgan fingerprint density at radius 3 is 2.47 bits per heavy atom. The molecular formula is C7H5BrClF2NO2S. The van der Waals surface area contributed by atoms with Crippen molar-refractivity contribution in [1.29, 1.82) is 0 Å². The van der Waals surface area contributed by atoms with Gasteiger partial charge < -0.3 is 0 Å². The average molecular weight is 321 g/mol. The topological polar surface area (TPSA) is 47.0 Å². The summed E-state index contributed by atoms with van der Waals surface area (Å²) in [4.78, 5) is 2.81. The van der Waals surface area contributed by atoms with E-state index in [1.165, 1.54) is 6.92 Å². The zero-order valence-corrected chi connectivity index (χ0v) is 10.5. The fourth-order valence-corrected chi connectivity index (χ4v) is 2.42. The number of halogens is 4. The minimum absolute atomic E-state index is 0.273.